The van der Waals surface area contributed by atoms with Gasteiger partial charge in [-0.05, 0) is 30.5 Å². The Morgan fingerprint density at radius 3 is 2.73 bits per heavy atom. The Morgan fingerprint density at radius 2 is 2.07 bits per heavy atom. The maximum atomic E-state index is 12.7. The minimum atomic E-state index is -0.176. The third-order valence-corrected chi connectivity index (χ3v) is 2.88. The van der Waals surface area contributed by atoms with Crippen LogP contribution < -0.4 is 5.32 Å². The van der Waals surface area contributed by atoms with E-state index < -0.39 is 0 Å². The maximum Gasteiger partial charge on any atom is 0.123 e. The largest absolute Gasteiger partial charge is 0.383 e. The summed E-state index contributed by atoms with van der Waals surface area (Å²) in [7, 11) is 1.72. The first-order chi connectivity index (χ1) is 7.29. The van der Waals surface area contributed by atoms with E-state index in [4.69, 9.17) is 4.74 Å². The quantitative estimate of drug-likeness (QED) is 0.824. The van der Waals surface area contributed by atoms with E-state index in [0.717, 1.165) is 25.0 Å². The van der Waals surface area contributed by atoms with Crippen molar-refractivity contribution in [3.8, 4) is 0 Å². The number of nitrogens with one attached hydrogen (secondary N) is 1. The zero-order chi connectivity index (χ0) is 10.7. The highest BCUT2D eigenvalue weighted by Crippen LogP contribution is 2.26. The molecule has 1 saturated heterocycles. The number of rotatable bonds is 3. The topological polar surface area (TPSA) is 21.3 Å². The smallest absolute Gasteiger partial charge is 0.123 e. The van der Waals surface area contributed by atoms with Crippen molar-refractivity contribution in [2.45, 2.75) is 24.9 Å². The Hall–Kier alpha value is -0.930. The van der Waals surface area contributed by atoms with Gasteiger partial charge >= 0.3 is 0 Å². The molecule has 0 aromatic heterocycles. The molecule has 1 heterocycles. The molecule has 0 amide bonds. The van der Waals surface area contributed by atoms with E-state index in [1.165, 1.54) is 12.1 Å². The lowest BCUT2D eigenvalue weighted by Crippen LogP contribution is -2.28. The predicted molar refractivity (Wildman–Crippen MR) is 57.2 cm³/mol. The average Bonchev–Trinajstić information content (AvgIpc) is 2.68. The molecule has 15 heavy (non-hydrogen) atoms. The number of methoxy groups -OCH3 is 1. The summed E-state index contributed by atoms with van der Waals surface area (Å²) in [5.74, 6) is -0.176. The van der Waals surface area contributed by atoms with Crippen LogP contribution >= 0.6 is 0 Å². The molecule has 1 fully saturated rings. The highest BCUT2D eigenvalue weighted by Gasteiger charge is 2.24. The van der Waals surface area contributed by atoms with Crippen LogP contribution in [0.5, 0.6) is 0 Å². The first-order valence-electron chi connectivity index (χ1n) is 5.30. The van der Waals surface area contributed by atoms with Gasteiger partial charge in [0.2, 0.25) is 0 Å². The van der Waals surface area contributed by atoms with Crippen LogP contribution in [0.25, 0.3) is 0 Å². The number of hydrogen-bond donors (Lipinski definition) is 1. The van der Waals surface area contributed by atoms with E-state index in [2.05, 4.69) is 5.32 Å². The van der Waals surface area contributed by atoms with Crippen LogP contribution in [-0.2, 0) is 4.74 Å². The zero-order valence-electron chi connectivity index (χ0n) is 8.87. The van der Waals surface area contributed by atoms with Gasteiger partial charge in [0.25, 0.3) is 0 Å². The molecule has 82 valence electrons. The summed E-state index contributed by atoms with van der Waals surface area (Å²) in [4.78, 5) is 0. The highest BCUT2D eigenvalue weighted by atomic mass is 19.1. The van der Waals surface area contributed by atoms with Gasteiger partial charge in [-0.25, -0.2) is 4.39 Å². The van der Waals surface area contributed by atoms with E-state index in [1.54, 1.807) is 7.11 Å². The Labute approximate surface area is 89.4 Å². The van der Waals surface area contributed by atoms with E-state index in [9.17, 15) is 4.39 Å². The van der Waals surface area contributed by atoms with Crippen molar-refractivity contribution in [2.75, 3.05) is 13.7 Å². The van der Waals surface area contributed by atoms with Crippen molar-refractivity contribution in [3.63, 3.8) is 0 Å². The lowest BCUT2D eigenvalue weighted by Gasteiger charge is -2.13. The molecule has 1 aromatic rings. The third kappa shape index (κ3) is 2.55. The van der Waals surface area contributed by atoms with Crippen molar-refractivity contribution in [3.05, 3.63) is 35.6 Å². The first kappa shape index (κ1) is 10.6. The SMILES string of the molecule is COC[C@H]1CC[C@@H](c2ccc(F)cc2)N1. The van der Waals surface area contributed by atoms with Crippen molar-refractivity contribution >= 4 is 0 Å². The third-order valence-electron chi connectivity index (χ3n) is 2.88. The number of benzene rings is 1. The summed E-state index contributed by atoms with van der Waals surface area (Å²) in [6, 6.07) is 7.52. The normalized spacial score (nSPS) is 25.7. The minimum absolute atomic E-state index is 0.176. The van der Waals surface area contributed by atoms with E-state index in [0.29, 0.717) is 12.1 Å². The van der Waals surface area contributed by atoms with E-state index in [-0.39, 0.29) is 5.82 Å². The van der Waals surface area contributed by atoms with E-state index >= 15 is 0 Å². The van der Waals surface area contributed by atoms with Crippen molar-refractivity contribution in [2.24, 2.45) is 0 Å². The summed E-state index contributed by atoms with van der Waals surface area (Å²) in [5.41, 5.74) is 1.16. The van der Waals surface area contributed by atoms with Crippen LogP contribution in [0.15, 0.2) is 24.3 Å². The number of halogens is 1. The fraction of sp³-hybridized carbons (Fsp3) is 0.500. The lowest BCUT2D eigenvalue weighted by molar-refractivity contribution is 0.172. The predicted octanol–water partition coefficient (Wildman–Crippen LogP) is 2.27. The summed E-state index contributed by atoms with van der Waals surface area (Å²) in [6.45, 7) is 0.748. The van der Waals surface area contributed by atoms with Crippen molar-refractivity contribution < 1.29 is 9.13 Å². The monoisotopic (exact) mass is 209 g/mol. The summed E-state index contributed by atoms with van der Waals surface area (Å²) in [5, 5.41) is 3.48. The Morgan fingerprint density at radius 1 is 1.33 bits per heavy atom. The van der Waals surface area contributed by atoms with Gasteiger partial charge in [0, 0.05) is 19.2 Å². The van der Waals surface area contributed by atoms with Gasteiger partial charge in [0.1, 0.15) is 5.82 Å². The molecule has 0 aliphatic carbocycles. The standard InChI is InChI=1S/C12H16FNO/c1-15-8-11-6-7-12(14-11)9-2-4-10(13)5-3-9/h2-5,11-12,14H,6-8H2,1H3/t11-,12+/m1/s1. The van der Waals surface area contributed by atoms with Gasteiger partial charge in [-0.2, -0.15) is 0 Å². The van der Waals surface area contributed by atoms with Crippen LogP contribution in [0, 0.1) is 5.82 Å². The first-order valence-corrected chi connectivity index (χ1v) is 5.30. The minimum Gasteiger partial charge on any atom is -0.383 e. The Balaban J connectivity index is 1.98. The van der Waals surface area contributed by atoms with Gasteiger partial charge in [-0.15, -0.1) is 0 Å². The van der Waals surface area contributed by atoms with Gasteiger partial charge in [0.05, 0.1) is 6.61 Å². The van der Waals surface area contributed by atoms with Crippen molar-refractivity contribution in [1.29, 1.82) is 0 Å². The molecule has 0 bridgehead atoms. The van der Waals surface area contributed by atoms with Gasteiger partial charge in [0.15, 0.2) is 0 Å². The Kier molecular flexibility index (Phi) is 3.34. The van der Waals surface area contributed by atoms with Crippen LogP contribution in [0.4, 0.5) is 4.39 Å². The highest BCUT2D eigenvalue weighted by molar-refractivity contribution is 5.21. The average molecular weight is 209 g/mol. The molecule has 1 aliphatic rings. The maximum absolute atomic E-state index is 12.7. The number of ether oxygens (including phenoxy) is 1. The molecule has 2 rings (SSSR count). The molecule has 1 aliphatic heterocycles. The molecule has 0 spiro atoms. The molecule has 0 saturated carbocycles. The molecular formula is C12H16FNO. The second-order valence-electron chi connectivity index (χ2n) is 4.00. The lowest BCUT2D eigenvalue weighted by atomic mass is 10.1. The molecule has 1 aromatic carbocycles. The van der Waals surface area contributed by atoms with Gasteiger partial charge < -0.3 is 10.1 Å². The molecule has 0 unspecified atom stereocenters. The summed E-state index contributed by atoms with van der Waals surface area (Å²) < 4.78 is 17.8. The van der Waals surface area contributed by atoms with Crippen LogP contribution in [0.2, 0.25) is 0 Å². The molecule has 2 nitrogen and oxygen atoms in total. The molecule has 1 N–H and O–H groups in total. The van der Waals surface area contributed by atoms with Gasteiger partial charge in [-0.3, -0.25) is 0 Å². The molecule has 0 radical (unpaired) electrons. The summed E-state index contributed by atoms with van der Waals surface area (Å²) in [6.07, 6.45) is 2.22. The second-order valence-corrected chi connectivity index (χ2v) is 4.00. The molecule has 2 atom stereocenters. The van der Waals surface area contributed by atoms with Crippen LogP contribution in [-0.4, -0.2) is 19.8 Å². The van der Waals surface area contributed by atoms with Crippen LogP contribution in [0.3, 0.4) is 0 Å². The fourth-order valence-corrected chi connectivity index (χ4v) is 2.11. The van der Waals surface area contributed by atoms with Crippen molar-refractivity contribution in [1.82, 2.24) is 5.32 Å². The summed E-state index contributed by atoms with van der Waals surface area (Å²) >= 11 is 0. The molecule has 3 heteroatoms. The fourth-order valence-electron chi connectivity index (χ4n) is 2.11. The Bertz CT molecular complexity index is 312. The number of hydrogen-bond acceptors (Lipinski definition) is 2. The second kappa shape index (κ2) is 4.73. The molecular weight excluding hydrogens is 193 g/mol. The zero-order valence-corrected chi connectivity index (χ0v) is 8.87. The van der Waals surface area contributed by atoms with Gasteiger partial charge in [-0.1, -0.05) is 12.1 Å². The van der Waals surface area contributed by atoms with Crippen LogP contribution in [0.1, 0.15) is 24.4 Å². The van der Waals surface area contributed by atoms with E-state index in [1.807, 2.05) is 12.1 Å².